The van der Waals surface area contributed by atoms with E-state index < -0.39 is 12.0 Å². The van der Waals surface area contributed by atoms with E-state index in [0.717, 1.165) is 25.7 Å². The molecule has 0 spiro atoms. The summed E-state index contributed by atoms with van der Waals surface area (Å²) in [5.74, 6) is -0.797. The number of hydrogen-bond acceptors (Lipinski definition) is 4. The first-order chi connectivity index (χ1) is 9.91. The number of rotatable bonds is 8. The molecular formula is C15H26N2O4. The third kappa shape index (κ3) is 6.25. The van der Waals surface area contributed by atoms with E-state index in [4.69, 9.17) is 5.11 Å². The summed E-state index contributed by atoms with van der Waals surface area (Å²) >= 11 is 0. The summed E-state index contributed by atoms with van der Waals surface area (Å²) in [6, 6.07) is -0.535. The van der Waals surface area contributed by atoms with Crippen molar-refractivity contribution in [2.45, 2.75) is 51.5 Å². The third-order valence-electron chi connectivity index (χ3n) is 4.08. The van der Waals surface area contributed by atoms with E-state index >= 15 is 0 Å². The van der Waals surface area contributed by atoms with E-state index in [-0.39, 0.29) is 17.6 Å². The number of likely N-dealkylation sites (N-methyl/N-ethyl adjacent to an activating group) is 1. The van der Waals surface area contributed by atoms with Gasteiger partial charge >= 0.3 is 5.97 Å². The predicted octanol–water partition coefficient (Wildman–Crippen LogP) is 1.05. The lowest BCUT2D eigenvalue weighted by Crippen LogP contribution is -2.46. The molecule has 120 valence electrons. The molecule has 0 bridgehead atoms. The molecule has 2 N–H and O–H groups in total. The fourth-order valence-electron chi connectivity index (χ4n) is 2.73. The number of aliphatic carboxylic acids is 1. The molecule has 1 amide bonds. The molecule has 21 heavy (non-hydrogen) atoms. The first-order valence-electron chi connectivity index (χ1n) is 7.62. The van der Waals surface area contributed by atoms with Crippen molar-refractivity contribution in [3.05, 3.63) is 0 Å². The Morgan fingerprint density at radius 3 is 2.57 bits per heavy atom. The molecule has 2 atom stereocenters. The summed E-state index contributed by atoms with van der Waals surface area (Å²) in [5, 5.41) is 11.9. The fraction of sp³-hybridized carbons (Fsp3) is 0.800. The number of unbranched alkanes of at least 4 members (excludes halogenated alkanes) is 2. The molecular weight excluding hydrogens is 272 g/mol. The third-order valence-corrected chi connectivity index (χ3v) is 4.08. The van der Waals surface area contributed by atoms with E-state index in [0.29, 0.717) is 25.9 Å². The van der Waals surface area contributed by atoms with Gasteiger partial charge in [-0.1, -0.05) is 6.42 Å². The van der Waals surface area contributed by atoms with Crippen molar-refractivity contribution in [2.24, 2.45) is 5.92 Å². The minimum absolute atomic E-state index is 0.0304. The molecule has 1 heterocycles. The number of nitrogens with one attached hydrogen (secondary N) is 1. The summed E-state index contributed by atoms with van der Waals surface area (Å²) in [5.41, 5.74) is 0. The molecule has 1 aliphatic heterocycles. The highest BCUT2D eigenvalue weighted by molar-refractivity contribution is 5.82. The number of ketones is 1. The number of Topliss-reactive ketones (excluding diaryl/α,β-unsaturated/α-hetero) is 1. The first kappa shape index (κ1) is 17.6. The van der Waals surface area contributed by atoms with Crippen LogP contribution in [0, 0.1) is 5.92 Å². The topological polar surface area (TPSA) is 86.7 Å². The van der Waals surface area contributed by atoms with Crippen LogP contribution in [0.2, 0.25) is 0 Å². The van der Waals surface area contributed by atoms with Gasteiger partial charge in [-0.2, -0.15) is 0 Å². The summed E-state index contributed by atoms with van der Waals surface area (Å²) in [6.07, 6.45) is 4.28. The fourth-order valence-corrected chi connectivity index (χ4v) is 2.73. The van der Waals surface area contributed by atoms with Gasteiger partial charge in [-0.05, 0) is 39.3 Å². The molecule has 1 aliphatic rings. The lowest BCUT2D eigenvalue weighted by molar-refractivity contribution is -0.145. The smallest absolute Gasteiger partial charge is 0.320 e. The molecule has 0 aromatic rings. The van der Waals surface area contributed by atoms with Crippen molar-refractivity contribution < 1.29 is 19.5 Å². The number of piperidine rings is 1. The molecule has 6 heteroatoms. The van der Waals surface area contributed by atoms with Crippen molar-refractivity contribution >= 4 is 17.7 Å². The second-order valence-electron chi connectivity index (χ2n) is 5.82. The number of carbonyl (C=O) groups excluding carboxylic acids is 2. The quantitative estimate of drug-likeness (QED) is 0.654. The zero-order valence-corrected chi connectivity index (χ0v) is 12.9. The molecule has 6 nitrogen and oxygen atoms in total. The van der Waals surface area contributed by atoms with Gasteiger partial charge in [0.2, 0.25) is 5.91 Å². The zero-order valence-electron chi connectivity index (χ0n) is 12.9. The van der Waals surface area contributed by atoms with Crippen LogP contribution in [0.25, 0.3) is 0 Å². The van der Waals surface area contributed by atoms with Gasteiger partial charge in [-0.15, -0.1) is 0 Å². The minimum atomic E-state index is -0.842. The summed E-state index contributed by atoms with van der Waals surface area (Å²) in [6.45, 7) is 2.80. The first-order valence-corrected chi connectivity index (χ1v) is 7.62. The number of carbonyl (C=O) groups is 3. The average Bonchev–Trinajstić information content (AvgIpc) is 2.42. The van der Waals surface area contributed by atoms with Gasteiger partial charge in [-0.3, -0.25) is 19.3 Å². The number of carboxylic acids is 1. The van der Waals surface area contributed by atoms with Crippen molar-refractivity contribution in [2.75, 3.05) is 20.1 Å². The van der Waals surface area contributed by atoms with Crippen LogP contribution in [0.1, 0.15) is 45.4 Å². The molecule has 0 aromatic carbocycles. The zero-order chi connectivity index (χ0) is 15.8. The van der Waals surface area contributed by atoms with E-state index in [2.05, 4.69) is 5.32 Å². The normalized spacial score (nSPS) is 22.8. The van der Waals surface area contributed by atoms with Crippen LogP contribution in [0.15, 0.2) is 0 Å². The number of carboxylic acid groups (broad SMARTS) is 1. The molecule has 0 aliphatic carbocycles. The number of amides is 1. The van der Waals surface area contributed by atoms with Crippen LogP contribution >= 0.6 is 0 Å². The Bertz CT molecular complexity index is 384. The van der Waals surface area contributed by atoms with Gasteiger partial charge in [0, 0.05) is 25.8 Å². The largest absolute Gasteiger partial charge is 0.480 e. The maximum Gasteiger partial charge on any atom is 0.320 e. The van der Waals surface area contributed by atoms with Crippen LogP contribution in [-0.2, 0) is 14.4 Å². The van der Waals surface area contributed by atoms with Gasteiger partial charge in [0.05, 0.1) is 0 Å². The molecule has 0 radical (unpaired) electrons. The van der Waals surface area contributed by atoms with Crippen LogP contribution in [0.3, 0.4) is 0 Å². The number of nitrogens with zero attached hydrogens (tertiary/aromatic N) is 1. The molecule has 0 aromatic heterocycles. The summed E-state index contributed by atoms with van der Waals surface area (Å²) in [7, 11) is 1.79. The average molecular weight is 298 g/mol. The van der Waals surface area contributed by atoms with Gasteiger partial charge in [-0.25, -0.2) is 0 Å². The van der Waals surface area contributed by atoms with Crippen molar-refractivity contribution in [3.8, 4) is 0 Å². The van der Waals surface area contributed by atoms with E-state index in [1.165, 1.54) is 6.92 Å². The van der Waals surface area contributed by atoms with E-state index in [9.17, 15) is 14.4 Å². The molecule has 1 unspecified atom stereocenters. The maximum atomic E-state index is 12.1. The van der Waals surface area contributed by atoms with Gasteiger partial charge in [0.1, 0.15) is 11.8 Å². The Kier molecular flexibility index (Phi) is 7.36. The number of likely N-dealkylation sites (tertiary alicyclic amines) is 1. The van der Waals surface area contributed by atoms with E-state index in [1.807, 2.05) is 0 Å². The summed E-state index contributed by atoms with van der Waals surface area (Å²) in [4.78, 5) is 35.8. The van der Waals surface area contributed by atoms with Crippen LogP contribution in [0.5, 0.6) is 0 Å². The molecule has 1 saturated heterocycles. The van der Waals surface area contributed by atoms with Crippen molar-refractivity contribution in [1.29, 1.82) is 0 Å². The SMILES string of the molecule is CC(=O)NCCCCCC(=O)C1CCN(C)[C@H](C(=O)O)C1. The van der Waals surface area contributed by atoms with Crippen molar-refractivity contribution in [1.82, 2.24) is 10.2 Å². The maximum absolute atomic E-state index is 12.1. The highest BCUT2D eigenvalue weighted by Crippen LogP contribution is 2.24. The van der Waals surface area contributed by atoms with Gasteiger partial charge in [0.15, 0.2) is 0 Å². The Morgan fingerprint density at radius 1 is 1.24 bits per heavy atom. The molecule has 1 rings (SSSR count). The minimum Gasteiger partial charge on any atom is -0.480 e. The monoisotopic (exact) mass is 298 g/mol. The second kappa shape index (κ2) is 8.77. The summed E-state index contributed by atoms with van der Waals surface area (Å²) < 4.78 is 0. The van der Waals surface area contributed by atoms with Crippen molar-refractivity contribution in [3.63, 3.8) is 0 Å². The Balaban J connectivity index is 2.23. The molecule has 0 saturated carbocycles. The molecule has 1 fully saturated rings. The van der Waals surface area contributed by atoms with Crippen LogP contribution in [0.4, 0.5) is 0 Å². The van der Waals surface area contributed by atoms with Gasteiger partial charge in [0.25, 0.3) is 0 Å². The van der Waals surface area contributed by atoms with Crippen LogP contribution in [-0.4, -0.2) is 53.8 Å². The Morgan fingerprint density at radius 2 is 1.95 bits per heavy atom. The lowest BCUT2D eigenvalue weighted by Gasteiger charge is -2.33. The highest BCUT2D eigenvalue weighted by atomic mass is 16.4. The lowest BCUT2D eigenvalue weighted by atomic mass is 9.86. The number of hydrogen-bond donors (Lipinski definition) is 2. The van der Waals surface area contributed by atoms with Gasteiger partial charge < -0.3 is 10.4 Å². The van der Waals surface area contributed by atoms with Crippen LogP contribution < -0.4 is 5.32 Å². The second-order valence-corrected chi connectivity index (χ2v) is 5.82. The highest BCUT2D eigenvalue weighted by Gasteiger charge is 2.33. The Labute approximate surface area is 125 Å². The van der Waals surface area contributed by atoms with E-state index in [1.54, 1.807) is 11.9 Å². The predicted molar refractivity (Wildman–Crippen MR) is 78.9 cm³/mol. The standard InChI is InChI=1S/C15H26N2O4/c1-11(18)16-8-5-3-4-6-14(19)12-7-9-17(2)13(10-12)15(20)21/h12-13H,3-10H2,1-2H3,(H,16,18)(H,20,21)/t12?,13-/m0/s1. The Hall–Kier alpha value is -1.43.